The molecule has 1 aliphatic heterocycles. The number of aromatic nitrogens is 2. The highest BCUT2D eigenvalue weighted by Crippen LogP contribution is 2.06. The van der Waals surface area contributed by atoms with Crippen LogP contribution in [0.3, 0.4) is 0 Å². The van der Waals surface area contributed by atoms with Crippen LogP contribution >= 0.6 is 0 Å². The third-order valence-electron chi connectivity index (χ3n) is 2.27. The predicted octanol–water partition coefficient (Wildman–Crippen LogP) is -0.0326. The second-order valence-electron chi connectivity index (χ2n) is 3.41. The van der Waals surface area contributed by atoms with Crippen molar-refractivity contribution in [3.63, 3.8) is 0 Å². The fourth-order valence-corrected chi connectivity index (χ4v) is 1.57. The van der Waals surface area contributed by atoms with Crippen LogP contribution in [0.4, 0.5) is 0 Å². The summed E-state index contributed by atoms with van der Waals surface area (Å²) in [6.07, 6.45) is 4.86. The summed E-state index contributed by atoms with van der Waals surface area (Å²) in [7, 11) is 0. The minimum absolute atomic E-state index is 0.222. The Morgan fingerprint density at radius 1 is 1.50 bits per heavy atom. The Balaban J connectivity index is 2.00. The van der Waals surface area contributed by atoms with E-state index in [9.17, 15) is 10.1 Å². The molecular weight excluding hydrogens is 210 g/mol. The molecule has 0 saturated carbocycles. The fourth-order valence-electron chi connectivity index (χ4n) is 1.57. The van der Waals surface area contributed by atoms with Crippen molar-refractivity contribution in [3.8, 4) is 0 Å². The quantitative estimate of drug-likeness (QED) is 0.526. The highest BCUT2D eigenvalue weighted by atomic mass is 16.6. The Labute approximate surface area is 92.0 Å². The highest BCUT2D eigenvalue weighted by molar-refractivity contribution is 5.84. The lowest BCUT2D eigenvalue weighted by Gasteiger charge is -2.16. The maximum Gasteiger partial charge on any atom is 0.260 e. The van der Waals surface area contributed by atoms with E-state index >= 15 is 0 Å². The van der Waals surface area contributed by atoms with Crippen LogP contribution in [0.2, 0.25) is 0 Å². The van der Waals surface area contributed by atoms with Crippen molar-refractivity contribution in [2.75, 3.05) is 19.6 Å². The smallest absolute Gasteiger partial charge is 0.260 e. The predicted molar refractivity (Wildman–Crippen MR) is 56.6 cm³/mol. The standard InChI is InChI=1S/C9H11N5O2/c15-14(16)7-9-12-3-4-13(9)6-8-5-10-1-2-11-8/h1-2,5H,3-4,6-7H2. The van der Waals surface area contributed by atoms with Crippen molar-refractivity contribution < 1.29 is 4.92 Å². The lowest BCUT2D eigenvalue weighted by atomic mass is 10.4. The number of nitrogens with zero attached hydrogens (tertiary/aromatic N) is 5. The van der Waals surface area contributed by atoms with Gasteiger partial charge in [0.05, 0.1) is 25.0 Å². The lowest BCUT2D eigenvalue weighted by molar-refractivity contribution is -0.464. The third-order valence-corrected chi connectivity index (χ3v) is 2.27. The van der Waals surface area contributed by atoms with Gasteiger partial charge in [0.1, 0.15) is 0 Å². The molecule has 16 heavy (non-hydrogen) atoms. The Hall–Kier alpha value is -2.05. The van der Waals surface area contributed by atoms with Crippen molar-refractivity contribution in [2.24, 2.45) is 4.99 Å². The molecule has 7 nitrogen and oxygen atoms in total. The summed E-state index contributed by atoms with van der Waals surface area (Å²) in [4.78, 5) is 24.1. The van der Waals surface area contributed by atoms with Gasteiger partial charge < -0.3 is 4.90 Å². The summed E-state index contributed by atoms with van der Waals surface area (Å²) in [5.41, 5.74) is 0.792. The van der Waals surface area contributed by atoms with E-state index in [2.05, 4.69) is 15.0 Å². The van der Waals surface area contributed by atoms with Crippen LogP contribution in [0.15, 0.2) is 23.6 Å². The molecule has 0 saturated heterocycles. The summed E-state index contributed by atoms with van der Waals surface area (Å²) < 4.78 is 0. The van der Waals surface area contributed by atoms with Crippen LogP contribution in [0.25, 0.3) is 0 Å². The first kappa shape index (κ1) is 10.5. The van der Waals surface area contributed by atoms with Gasteiger partial charge in [0.15, 0.2) is 5.84 Å². The molecule has 7 heteroatoms. The van der Waals surface area contributed by atoms with Gasteiger partial charge in [-0.2, -0.15) is 0 Å². The zero-order valence-corrected chi connectivity index (χ0v) is 8.61. The largest absolute Gasteiger partial charge is 0.347 e. The summed E-state index contributed by atoms with van der Waals surface area (Å²) in [6.45, 7) is 1.63. The monoisotopic (exact) mass is 221 g/mol. The first-order valence-electron chi connectivity index (χ1n) is 4.90. The molecule has 0 bridgehead atoms. The van der Waals surface area contributed by atoms with Gasteiger partial charge in [-0.3, -0.25) is 25.1 Å². The third kappa shape index (κ3) is 2.50. The molecule has 1 aromatic rings. The van der Waals surface area contributed by atoms with Crippen LogP contribution in [-0.4, -0.2) is 45.3 Å². The van der Waals surface area contributed by atoms with Crippen LogP contribution in [0.1, 0.15) is 5.69 Å². The molecule has 1 aromatic heterocycles. The van der Waals surface area contributed by atoms with E-state index in [0.717, 1.165) is 5.69 Å². The van der Waals surface area contributed by atoms with Gasteiger partial charge in [0, 0.05) is 23.9 Å². The van der Waals surface area contributed by atoms with Gasteiger partial charge in [-0.15, -0.1) is 0 Å². The maximum atomic E-state index is 10.4. The molecule has 0 N–H and O–H groups in total. The molecule has 84 valence electrons. The molecule has 0 aromatic carbocycles. The van der Waals surface area contributed by atoms with E-state index in [4.69, 9.17) is 0 Å². The van der Waals surface area contributed by atoms with E-state index in [0.29, 0.717) is 25.5 Å². The summed E-state index contributed by atoms with van der Waals surface area (Å²) in [5.74, 6) is 0.524. The van der Waals surface area contributed by atoms with E-state index in [1.807, 2.05) is 4.90 Å². The first-order valence-corrected chi connectivity index (χ1v) is 4.90. The molecule has 0 radical (unpaired) electrons. The zero-order valence-electron chi connectivity index (χ0n) is 8.61. The number of rotatable bonds is 4. The molecular formula is C9H11N5O2. The number of amidine groups is 1. The molecule has 2 rings (SSSR count). The van der Waals surface area contributed by atoms with Crippen LogP contribution < -0.4 is 0 Å². The molecule has 0 unspecified atom stereocenters. The van der Waals surface area contributed by atoms with Gasteiger partial charge in [-0.1, -0.05) is 0 Å². The van der Waals surface area contributed by atoms with Gasteiger partial charge in [-0.25, -0.2) is 0 Å². The molecule has 0 aliphatic carbocycles. The Morgan fingerprint density at radius 3 is 3.06 bits per heavy atom. The Bertz CT molecular complexity index is 406. The number of hydrogen-bond acceptors (Lipinski definition) is 6. The van der Waals surface area contributed by atoms with Gasteiger partial charge >= 0.3 is 0 Å². The van der Waals surface area contributed by atoms with Crippen molar-refractivity contribution in [2.45, 2.75) is 6.54 Å². The van der Waals surface area contributed by atoms with Gasteiger partial charge in [0.25, 0.3) is 6.54 Å². The molecule has 0 atom stereocenters. The van der Waals surface area contributed by atoms with Crippen molar-refractivity contribution in [3.05, 3.63) is 34.4 Å². The fraction of sp³-hybridized carbons (Fsp3) is 0.444. The second kappa shape index (κ2) is 4.65. The summed E-state index contributed by atoms with van der Waals surface area (Å²) in [6, 6.07) is 0. The minimum atomic E-state index is -0.367. The molecule has 0 fully saturated rings. The second-order valence-corrected chi connectivity index (χ2v) is 3.41. The lowest BCUT2D eigenvalue weighted by Crippen LogP contribution is -2.32. The number of hydrogen-bond donors (Lipinski definition) is 0. The number of nitro groups is 1. The maximum absolute atomic E-state index is 10.4. The topological polar surface area (TPSA) is 84.5 Å². The summed E-state index contributed by atoms with van der Waals surface area (Å²) >= 11 is 0. The Morgan fingerprint density at radius 2 is 2.38 bits per heavy atom. The van der Waals surface area contributed by atoms with E-state index < -0.39 is 0 Å². The Kier molecular flexibility index (Phi) is 3.04. The molecule has 0 spiro atoms. The highest BCUT2D eigenvalue weighted by Gasteiger charge is 2.21. The van der Waals surface area contributed by atoms with Crippen molar-refractivity contribution in [1.82, 2.24) is 14.9 Å². The van der Waals surface area contributed by atoms with E-state index in [-0.39, 0.29) is 11.5 Å². The van der Waals surface area contributed by atoms with Crippen LogP contribution in [0.5, 0.6) is 0 Å². The SMILES string of the molecule is O=[N+]([O-])CC1=NCCN1Cc1cnccn1. The molecule has 1 aliphatic rings. The van der Waals surface area contributed by atoms with Crippen molar-refractivity contribution >= 4 is 5.84 Å². The average molecular weight is 221 g/mol. The average Bonchev–Trinajstić information content (AvgIpc) is 2.66. The van der Waals surface area contributed by atoms with E-state index in [1.54, 1.807) is 18.6 Å². The van der Waals surface area contributed by atoms with Crippen molar-refractivity contribution in [1.29, 1.82) is 0 Å². The zero-order chi connectivity index (χ0) is 11.4. The van der Waals surface area contributed by atoms with Crippen LogP contribution in [0, 0.1) is 10.1 Å². The normalized spacial score (nSPS) is 15.0. The number of aliphatic imine (C=N–C) groups is 1. The van der Waals surface area contributed by atoms with Crippen LogP contribution in [-0.2, 0) is 6.54 Å². The van der Waals surface area contributed by atoms with Gasteiger partial charge in [0.2, 0.25) is 0 Å². The van der Waals surface area contributed by atoms with Gasteiger partial charge in [-0.05, 0) is 0 Å². The summed E-state index contributed by atoms with van der Waals surface area (Å²) in [5, 5.41) is 10.4. The molecule has 0 amide bonds. The minimum Gasteiger partial charge on any atom is -0.347 e. The van der Waals surface area contributed by atoms with E-state index in [1.165, 1.54) is 0 Å². The first-order chi connectivity index (χ1) is 7.75. The molecule has 2 heterocycles.